The maximum atomic E-state index is 13.4. The van der Waals surface area contributed by atoms with Gasteiger partial charge in [-0.25, -0.2) is 4.79 Å². The number of carbonyl (C=O) groups is 5. The lowest BCUT2D eigenvalue weighted by Gasteiger charge is -2.25. The maximum Gasteiger partial charge on any atom is 0.323 e. The number of nitrogens with one attached hydrogen (secondary N) is 6. The van der Waals surface area contributed by atoms with Crippen molar-refractivity contribution >= 4 is 41.0 Å². The fraction of sp³-hybridized carbons (Fsp3) is 0.432. The minimum Gasteiger partial charge on any atom is -0.354 e. The number of allylic oxidation sites excluding steroid dienone is 2. The Labute approximate surface area is 284 Å². The molecule has 0 aliphatic rings. The highest BCUT2D eigenvalue weighted by Gasteiger charge is 2.29. The summed E-state index contributed by atoms with van der Waals surface area (Å²) in [6, 6.07) is 11.3. The molecule has 3 atom stereocenters. The van der Waals surface area contributed by atoms with Crippen LogP contribution in [0, 0.1) is 12.8 Å². The lowest BCUT2D eigenvalue weighted by Crippen LogP contribution is -2.56. The highest BCUT2D eigenvalue weighted by molar-refractivity contribution is 6.00. The van der Waals surface area contributed by atoms with Gasteiger partial charge >= 0.3 is 6.03 Å². The van der Waals surface area contributed by atoms with E-state index in [0.29, 0.717) is 35.5 Å². The van der Waals surface area contributed by atoms with Gasteiger partial charge in [0.2, 0.25) is 23.6 Å². The van der Waals surface area contributed by atoms with Gasteiger partial charge in [-0.3, -0.25) is 19.2 Å². The van der Waals surface area contributed by atoms with E-state index < -0.39 is 29.9 Å². The largest absolute Gasteiger partial charge is 0.354 e. The number of anilines is 2. The lowest BCUT2D eigenvalue weighted by atomic mass is 10.0. The van der Waals surface area contributed by atoms with Gasteiger partial charge in [-0.1, -0.05) is 82.3 Å². The van der Waals surface area contributed by atoms with Crippen LogP contribution in [0.25, 0.3) is 0 Å². The molecule has 0 unspecified atom stereocenters. The Bertz CT molecular complexity index is 1440. The molecule has 0 aliphatic carbocycles. The summed E-state index contributed by atoms with van der Waals surface area (Å²) < 4.78 is 0. The van der Waals surface area contributed by atoms with Crippen LogP contribution in [0.15, 0.2) is 72.8 Å². The fourth-order valence-corrected chi connectivity index (χ4v) is 4.88. The Balaban J connectivity index is 2.02. The molecule has 11 nitrogen and oxygen atoms in total. The van der Waals surface area contributed by atoms with Crippen LogP contribution in [0.3, 0.4) is 0 Å². The van der Waals surface area contributed by atoms with E-state index in [1.807, 2.05) is 65.0 Å². The average molecular weight is 661 g/mol. The average Bonchev–Trinajstić information content (AvgIpc) is 3.03. The molecular formula is C37H52N6O5. The second kappa shape index (κ2) is 20.3. The van der Waals surface area contributed by atoms with Gasteiger partial charge in [-0.05, 0) is 68.4 Å². The van der Waals surface area contributed by atoms with E-state index in [-0.39, 0.29) is 43.0 Å². The zero-order valence-corrected chi connectivity index (χ0v) is 29.1. The Morgan fingerprint density at radius 2 is 1.46 bits per heavy atom. The predicted octanol–water partition coefficient (Wildman–Crippen LogP) is 5.14. The van der Waals surface area contributed by atoms with E-state index >= 15 is 0 Å². The van der Waals surface area contributed by atoms with Crippen LogP contribution in [0.2, 0.25) is 0 Å². The molecule has 260 valence electrons. The number of hydrogen-bond donors (Lipinski definition) is 6. The summed E-state index contributed by atoms with van der Waals surface area (Å²) in [7, 11) is 0. The summed E-state index contributed by atoms with van der Waals surface area (Å²) in [5, 5.41) is 16.8. The second-order valence-electron chi connectivity index (χ2n) is 12.2. The molecule has 2 rings (SSSR count). The number of urea groups is 1. The molecule has 0 aromatic heterocycles. The first-order chi connectivity index (χ1) is 22.9. The molecule has 0 heterocycles. The molecule has 0 aliphatic heterocycles. The molecular weight excluding hydrogens is 608 g/mol. The van der Waals surface area contributed by atoms with Gasteiger partial charge in [0, 0.05) is 24.3 Å². The van der Waals surface area contributed by atoms with Crippen molar-refractivity contribution in [3.8, 4) is 0 Å². The van der Waals surface area contributed by atoms with Gasteiger partial charge in [0.1, 0.15) is 18.1 Å². The third kappa shape index (κ3) is 13.8. The highest BCUT2D eigenvalue weighted by atomic mass is 16.2. The fourth-order valence-electron chi connectivity index (χ4n) is 4.88. The van der Waals surface area contributed by atoms with E-state index in [0.717, 1.165) is 12.0 Å². The number of aryl methyl sites for hydroxylation is 1. The molecule has 6 N–H and O–H groups in total. The Morgan fingerprint density at radius 3 is 2.06 bits per heavy atom. The maximum absolute atomic E-state index is 13.4. The van der Waals surface area contributed by atoms with E-state index in [9.17, 15) is 24.0 Å². The van der Waals surface area contributed by atoms with Gasteiger partial charge in [-0.15, -0.1) is 0 Å². The Hall–Kier alpha value is -4.93. The van der Waals surface area contributed by atoms with Crippen LogP contribution in [0.1, 0.15) is 71.4 Å². The smallest absolute Gasteiger partial charge is 0.323 e. The van der Waals surface area contributed by atoms with Crippen LogP contribution in [-0.2, 0) is 25.6 Å². The summed E-state index contributed by atoms with van der Waals surface area (Å²) in [5.41, 5.74) is 3.58. The van der Waals surface area contributed by atoms with Crippen molar-refractivity contribution < 1.29 is 24.0 Å². The molecule has 2 aromatic rings. The first kappa shape index (κ1) is 39.2. The number of carbonyl (C=O) groups excluding carboxylic acids is 5. The molecule has 6 amide bonds. The molecule has 0 saturated carbocycles. The molecule has 0 fully saturated rings. The van der Waals surface area contributed by atoms with Crippen molar-refractivity contribution in [2.24, 2.45) is 5.92 Å². The third-order valence-corrected chi connectivity index (χ3v) is 7.42. The Kier molecular flexibility index (Phi) is 16.6. The second-order valence-corrected chi connectivity index (χ2v) is 12.2. The quantitative estimate of drug-likeness (QED) is 0.122. The molecule has 0 bridgehead atoms. The van der Waals surface area contributed by atoms with E-state index in [2.05, 4.69) is 38.5 Å². The normalized spacial score (nSPS) is 12.8. The first-order valence-electron chi connectivity index (χ1n) is 16.6. The molecule has 0 saturated heterocycles. The third-order valence-electron chi connectivity index (χ3n) is 7.42. The van der Waals surface area contributed by atoms with Crippen LogP contribution in [-0.4, -0.2) is 54.3 Å². The minimum absolute atomic E-state index is 0.0138. The van der Waals surface area contributed by atoms with Gasteiger partial charge < -0.3 is 31.9 Å². The lowest BCUT2D eigenvalue weighted by molar-refractivity contribution is -0.133. The number of para-hydroxylation sites is 1. The molecule has 11 heteroatoms. The van der Waals surface area contributed by atoms with E-state index in [4.69, 9.17) is 0 Å². The predicted molar refractivity (Wildman–Crippen MR) is 191 cm³/mol. The topological polar surface area (TPSA) is 158 Å². The zero-order chi connectivity index (χ0) is 35.6. The molecule has 48 heavy (non-hydrogen) atoms. The monoisotopic (exact) mass is 660 g/mol. The van der Waals surface area contributed by atoms with Gasteiger partial charge in [0.05, 0.1) is 6.42 Å². The number of benzene rings is 2. The molecule has 0 radical (unpaired) electrons. The van der Waals surface area contributed by atoms with Crippen molar-refractivity contribution in [3.63, 3.8) is 0 Å². The Morgan fingerprint density at radius 1 is 0.812 bits per heavy atom. The standard InChI is InChI=1S/C37H52N6O5/c1-8-13-25(6)22-32(34(45)38-20-9-2)42-35(46)29(10-3)41-36(47)31(21-24(4)5)40-33(44)23-27-16-18-28(19-17-27)39-37(48)43-30-15-12-11-14-26(30)7/h8,11-19,24,29,31-32H,6,9-10,20-23H2,1-5,7H3,(H,38,45)(H,40,44)(H,41,47)(H,42,46)(H2,39,43,48)/b13-8-/t29-,31-,32-/m0/s1. The van der Waals surface area contributed by atoms with E-state index in [1.54, 1.807) is 37.3 Å². The van der Waals surface area contributed by atoms with Crippen LogP contribution in [0.5, 0.6) is 0 Å². The summed E-state index contributed by atoms with van der Waals surface area (Å²) in [5.74, 6) is -1.58. The number of amides is 6. The van der Waals surface area contributed by atoms with Gasteiger partial charge in [0.15, 0.2) is 0 Å². The number of rotatable bonds is 18. The molecule has 0 spiro atoms. The van der Waals surface area contributed by atoms with Crippen LogP contribution in [0.4, 0.5) is 16.2 Å². The van der Waals surface area contributed by atoms with Crippen LogP contribution < -0.4 is 31.9 Å². The van der Waals surface area contributed by atoms with Crippen molar-refractivity contribution in [1.29, 1.82) is 0 Å². The van der Waals surface area contributed by atoms with Crippen molar-refractivity contribution in [3.05, 3.63) is 84.0 Å². The zero-order valence-electron chi connectivity index (χ0n) is 29.1. The number of hydrogen-bond acceptors (Lipinski definition) is 5. The SMILES string of the molecule is C=C(/C=C\C)C[C@H](NC(=O)[C@H](CC)NC(=O)[C@H](CC(C)C)NC(=O)Cc1ccc(NC(=O)Nc2ccccc2C)cc1)C(=O)NCCC. The van der Waals surface area contributed by atoms with Crippen molar-refractivity contribution in [1.82, 2.24) is 21.3 Å². The summed E-state index contributed by atoms with van der Waals surface area (Å²) >= 11 is 0. The van der Waals surface area contributed by atoms with Gasteiger partial charge in [-0.2, -0.15) is 0 Å². The van der Waals surface area contributed by atoms with Crippen molar-refractivity contribution in [2.75, 3.05) is 17.2 Å². The van der Waals surface area contributed by atoms with Crippen molar-refractivity contribution in [2.45, 2.75) is 91.8 Å². The van der Waals surface area contributed by atoms with Crippen LogP contribution >= 0.6 is 0 Å². The molecule has 2 aromatic carbocycles. The highest BCUT2D eigenvalue weighted by Crippen LogP contribution is 2.15. The summed E-state index contributed by atoms with van der Waals surface area (Å²) in [6.45, 7) is 15.8. The minimum atomic E-state index is -0.913. The first-order valence-corrected chi connectivity index (χ1v) is 16.6. The summed E-state index contributed by atoms with van der Waals surface area (Å²) in [6.07, 6.45) is 5.21. The summed E-state index contributed by atoms with van der Waals surface area (Å²) in [4.78, 5) is 65.0. The van der Waals surface area contributed by atoms with Gasteiger partial charge in [0.25, 0.3) is 0 Å². The van der Waals surface area contributed by atoms with E-state index in [1.165, 1.54) is 0 Å².